The number of benzene rings is 2. The number of rotatable bonds is 8. The van der Waals surface area contributed by atoms with Crippen LogP contribution in [0.3, 0.4) is 0 Å². The molecule has 1 atom stereocenters. The van der Waals surface area contributed by atoms with Crippen LogP contribution < -0.4 is 15.8 Å². The van der Waals surface area contributed by atoms with Gasteiger partial charge in [0.1, 0.15) is 5.75 Å². The summed E-state index contributed by atoms with van der Waals surface area (Å²) in [5, 5.41) is 3.14. The topological polar surface area (TPSA) is 127 Å². The zero-order chi connectivity index (χ0) is 24.1. The number of ether oxygens (including phenoxy) is 1. The second-order valence-electron chi connectivity index (χ2n) is 7.89. The standard InChI is InChI=1S/C23H29N7O3S/c1-3-33-19-9-11-20(12-10-19)34(31,32)30-15-13-29(14-16-30)17(2)21-26-22(24)28-23(27-21)25-18-7-5-4-6-8-18/h4-12,17H,3,13-16H2,1-2H3,(H3,24,25,26,27,28). The Hall–Kier alpha value is -3.28. The number of aromatic nitrogens is 3. The van der Waals surface area contributed by atoms with E-state index < -0.39 is 10.0 Å². The Balaban J connectivity index is 1.42. The lowest BCUT2D eigenvalue weighted by molar-refractivity contribution is 0.141. The van der Waals surface area contributed by atoms with Crippen molar-refractivity contribution in [2.45, 2.75) is 24.8 Å². The van der Waals surface area contributed by atoms with E-state index in [1.54, 1.807) is 24.3 Å². The Morgan fingerprint density at radius 2 is 1.68 bits per heavy atom. The molecule has 1 unspecified atom stereocenters. The lowest BCUT2D eigenvalue weighted by atomic mass is 10.2. The first-order chi connectivity index (χ1) is 16.4. The first kappa shape index (κ1) is 23.9. The van der Waals surface area contributed by atoms with E-state index in [9.17, 15) is 8.42 Å². The molecule has 1 aliphatic rings. The van der Waals surface area contributed by atoms with Gasteiger partial charge in [-0.3, -0.25) is 4.90 Å². The number of para-hydroxylation sites is 1. The van der Waals surface area contributed by atoms with Crippen LogP contribution in [0.2, 0.25) is 0 Å². The van der Waals surface area contributed by atoms with E-state index in [1.807, 2.05) is 44.2 Å². The predicted molar refractivity (Wildman–Crippen MR) is 130 cm³/mol. The number of nitrogens with zero attached hydrogens (tertiary/aromatic N) is 5. The van der Waals surface area contributed by atoms with Crippen molar-refractivity contribution >= 4 is 27.6 Å². The van der Waals surface area contributed by atoms with Crippen molar-refractivity contribution in [1.82, 2.24) is 24.2 Å². The van der Waals surface area contributed by atoms with Gasteiger partial charge in [-0.25, -0.2) is 8.42 Å². The van der Waals surface area contributed by atoms with Crippen molar-refractivity contribution in [3.63, 3.8) is 0 Å². The van der Waals surface area contributed by atoms with E-state index in [1.165, 1.54) is 4.31 Å². The summed E-state index contributed by atoms with van der Waals surface area (Å²) >= 11 is 0. The van der Waals surface area contributed by atoms with Crippen LogP contribution in [-0.4, -0.2) is 65.4 Å². The highest BCUT2D eigenvalue weighted by atomic mass is 32.2. The molecule has 1 saturated heterocycles. The number of hydrogen-bond acceptors (Lipinski definition) is 9. The fourth-order valence-electron chi connectivity index (χ4n) is 3.82. The Bertz CT molecular complexity index is 1200. The fourth-order valence-corrected chi connectivity index (χ4v) is 5.24. The van der Waals surface area contributed by atoms with Crippen molar-refractivity contribution in [1.29, 1.82) is 0 Å². The molecule has 3 N–H and O–H groups in total. The molecule has 0 amide bonds. The summed E-state index contributed by atoms with van der Waals surface area (Å²) in [4.78, 5) is 15.5. The smallest absolute Gasteiger partial charge is 0.243 e. The summed E-state index contributed by atoms with van der Waals surface area (Å²) in [7, 11) is -3.58. The van der Waals surface area contributed by atoms with Gasteiger partial charge in [-0.2, -0.15) is 19.3 Å². The van der Waals surface area contributed by atoms with Crippen LogP contribution in [0.4, 0.5) is 17.6 Å². The second-order valence-corrected chi connectivity index (χ2v) is 9.82. The average molecular weight is 484 g/mol. The molecule has 1 aliphatic heterocycles. The van der Waals surface area contributed by atoms with Gasteiger partial charge >= 0.3 is 0 Å². The molecule has 0 radical (unpaired) electrons. The zero-order valence-corrected chi connectivity index (χ0v) is 20.1. The van der Waals surface area contributed by atoms with Crippen LogP contribution in [0.5, 0.6) is 5.75 Å². The third-order valence-electron chi connectivity index (χ3n) is 5.67. The molecule has 1 fully saturated rings. The van der Waals surface area contributed by atoms with Gasteiger partial charge in [0.15, 0.2) is 5.82 Å². The molecular formula is C23H29N7O3S. The molecule has 34 heavy (non-hydrogen) atoms. The quantitative estimate of drug-likeness (QED) is 0.497. The molecule has 2 heterocycles. The van der Waals surface area contributed by atoms with Gasteiger partial charge in [0.25, 0.3) is 0 Å². The van der Waals surface area contributed by atoms with E-state index in [4.69, 9.17) is 10.5 Å². The van der Waals surface area contributed by atoms with Crippen LogP contribution in [0.15, 0.2) is 59.5 Å². The lowest BCUT2D eigenvalue weighted by Gasteiger charge is -2.36. The number of nitrogen functional groups attached to an aromatic ring is 1. The van der Waals surface area contributed by atoms with Crippen molar-refractivity contribution < 1.29 is 13.2 Å². The Morgan fingerprint density at radius 3 is 2.32 bits per heavy atom. The molecule has 10 nitrogen and oxygen atoms in total. The molecule has 4 rings (SSSR count). The number of hydrogen-bond donors (Lipinski definition) is 2. The minimum Gasteiger partial charge on any atom is -0.494 e. The molecule has 1 aromatic heterocycles. The second kappa shape index (κ2) is 10.3. The van der Waals surface area contributed by atoms with Crippen molar-refractivity contribution in [2.75, 3.05) is 43.8 Å². The van der Waals surface area contributed by atoms with Gasteiger partial charge in [0.05, 0.1) is 17.5 Å². The summed E-state index contributed by atoms with van der Waals surface area (Å²) in [5.74, 6) is 1.69. The summed E-state index contributed by atoms with van der Waals surface area (Å²) in [6.07, 6.45) is 0. The SMILES string of the molecule is CCOc1ccc(S(=O)(=O)N2CCN(C(C)c3nc(N)nc(Nc4ccccc4)n3)CC2)cc1. The number of anilines is 3. The molecule has 180 valence electrons. The van der Waals surface area contributed by atoms with Crippen LogP contribution in [0.1, 0.15) is 25.7 Å². The van der Waals surface area contributed by atoms with Gasteiger partial charge in [-0.05, 0) is 50.2 Å². The summed E-state index contributed by atoms with van der Waals surface area (Å²) in [6, 6.07) is 16.0. The first-order valence-electron chi connectivity index (χ1n) is 11.2. The van der Waals surface area contributed by atoms with E-state index in [0.717, 1.165) is 5.69 Å². The van der Waals surface area contributed by atoms with Gasteiger partial charge < -0.3 is 15.8 Å². The third-order valence-corrected chi connectivity index (χ3v) is 7.58. The molecular weight excluding hydrogens is 454 g/mol. The van der Waals surface area contributed by atoms with Gasteiger partial charge in [-0.1, -0.05) is 18.2 Å². The number of nitrogens with one attached hydrogen (secondary N) is 1. The van der Waals surface area contributed by atoms with E-state index >= 15 is 0 Å². The Morgan fingerprint density at radius 1 is 1.00 bits per heavy atom. The van der Waals surface area contributed by atoms with Crippen molar-refractivity contribution in [3.8, 4) is 5.75 Å². The van der Waals surface area contributed by atoms with E-state index in [2.05, 4.69) is 25.2 Å². The van der Waals surface area contributed by atoms with Crippen LogP contribution in [0.25, 0.3) is 0 Å². The summed E-state index contributed by atoms with van der Waals surface area (Å²) < 4.78 is 33.1. The summed E-state index contributed by atoms with van der Waals surface area (Å²) in [5.41, 5.74) is 6.78. The van der Waals surface area contributed by atoms with E-state index in [-0.39, 0.29) is 16.9 Å². The predicted octanol–water partition coefficient (Wildman–Crippen LogP) is 2.66. The molecule has 2 aromatic carbocycles. The van der Waals surface area contributed by atoms with Crippen LogP contribution in [-0.2, 0) is 10.0 Å². The highest BCUT2D eigenvalue weighted by Gasteiger charge is 2.31. The number of piperazine rings is 1. The normalized spacial score (nSPS) is 16.2. The van der Waals surface area contributed by atoms with Crippen LogP contribution >= 0.6 is 0 Å². The maximum absolute atomic E-state index is 13.1. The highest BCUT2D eigenvalue weighted by Crippen LogP contribution is 2.25. The fraction of sp³-hybridized carbons (Fsp3) is 0.348. The van der Waals surface area contributed by atoms with Crippen molar-refractivity contribution in [2.24, 2.45) is 0 Å². The van der Waals surface area contributed by atoms with Gasteiger partial charge in [0, 0.05) is 31.9 Å². The number of sulfonamides is 1. The van der Waals surface area contributed by atoms with Crippen molar-refractivity contribution in [3.05, 3.63) is 60.4 Å². The molecule has 0 spiro atoms. The van der Waals surface area contributed by atoms with E-state index in [0.29, 0.717) is 50.3 Å². The highest BCUT2D eigenvalue weighted by molar-refractivity contribution is 7.89. The van der Waals surface area contributed by atoms with Crippen LogP contribution in [0, 0.1) is 0 Å². The summed E-state index contributed by atoms with van der Waals surface area (Å²) in [6.45, 7) is 6.23. The Labute approximate surface area is 199 Å². The Kier molecular flexibility index (Phi) is 7.25. The largest absolute Gasteiger partial charge is 0.494 e. The zero-order valence-electron chi connectivity index (χ0n) is 19.3. The maximum Gasteiger partial charge on any atom is 0.243 e. The first-order valence-corrected chi connectivity index (χ1v) is 12.6. The number of nitrogens with two attached hydrogens (primary N) is 1. The molecule has 3 aromatic rings. The van der Waals surface area contributed by atoms with Gasteiger partial charge in [-0.15, -0.1) is 0 Å². The third kappa shape index (κ3) is 5.44. The minimum atomic E-state index is -3.58. The lowest BCUT2D eigenvalue weighted by Crippen LogP contribution is -2.49. The molecule has 0 aliphatic carbocycles. The molecule has 11 heteroatoms. The minimum absolute atomic E-state index is 0.131. The monoisotopic (exact) mass is 483 g/mol. The average Bonchev–Trinajstić information content (AvgIpc) is 2.84. The maximum atomic E-state index is 13.1. The molecule has 0 bridgehead atoms. The molecule has 0 saturated carbocycles. The van der Waals surface area contributed by atoms with Gasteiger partial charge in [0.2, 0.25) is 21.9 Å².